The van der Waals surface area contributed by atoms with Crippen molar-refractivity contribution >= 4 is 18.3 Å². The van der Waals surface area contributed by atoms with Gasteiger partial charge in [0.15, 0.2) is 0 Å². The maximum Gasteiger partial charge on any atom is 0.259 e. The molecule has 2 aliphatic rings. The number of piperidine rings is 1. The van der Waals surface area contributed by atoms with E-state index in [1.54, 1.807) is 0 Å². The highest BCUT2D eigenvalue weighted by atomic mass is 35.5. The van der Waals surface area contributed by atoms with Crippen LogP contribution in [0.1, 0.15) is 29.6 Å². The minimum absolute atomic E-state index is 0. The van der Waals surface area contributed by atoms with Crippen LogP contribution in [0, 0.1) is 22.9 Å². The van der Waals surface area contributed by atoms with E-state index in [0.29, 0.717) is 25.2 Å². The van der Waals surface area contributed by atoms with Crippen LogP contribution in [0.4, 0.5) is 13.2 Å². The normalized spacial score (nSPS) is 20.0. The van der Waals surface area contributed by atoms with Crippen molar-refractivity contribution in [3.63, 3.8) is 0 Å². The zero-order valence-corrected chi connectivity index (χ0v) is 12.8. The molecular formula is C15H18ClF3N2O. The molecule has 1 aromatic carbocycles. The third-order valence-corrected chi connectivity index (χ3v) is 4.66. The number of rotatable bonds is 1. The molecule has 1 N–H and O–H groups in total. The van der Waals surface area contributed by atoms with E-state index in [1.165, 1.54) is 4.90 Å². The minimum atomic E-state index is -1.14. The number of halogens is 4. The lowest BCUT2D eigenvalue weighted by Gasteiger charge is -2.38. The third kappa shape index (κ3) is 3.08. The molecule has 0 aliphatic carbocycles. The summed E-state index contributed by atoms with van der Waals surface area (Å²) in [6.07, 6.45) is 2.74. The molecular weight excluding hydrogens is 317 g/mol. The Morgan fingerprint density at radius 1 is 1.09 bits per heavy atom. The van der Waals surface area contributed by atoms with Crippen LogP contribution in [-0.4, -0.2) is 37.0 Å². The molecule has 0 saturated carbocycles. The van der Waals surface area contributed by atoms with Crippen LogP contribution < -0.4 is 5.32 Å². The molecule has 122 valence electrons. The SMILES string of the molecule is Cl.O=C(c1c(F)cc(F)cc1F)N1CCC2(CCNC2)CC1. The molecule has 3 nitrogen and oxygen atoms in total. The molecule has 0 atom stereocenters. The molecule has 0 radical (unpaired) electrons. The molecule has 1 amide bonds. The molecule has 2 aliphatic heterocycles. The standard InChI is InChI=1S/C15H17F3N2O.ClH/c16-10-7-11(17)13(12(18)8-10)14(21)20-5-2-15(3-6-20)1-4-19-9-15;/h7-8,19H,1-6,9H2;1H. The molecule has 22 heavy (non-hydrogen) atoms. The number of nitrogens with zero attached hydrogens (tertiary/aromatic N) is 1. The van der Waals surface area contributed by atoms with Crippen molar-refractivity contribution in [1.29, 1.82) is 0 Å². The Morgan fingerprint density at radius 2 is 1.68 bits per heavy atom. The van der Waals surface area contributed by atoms with Crippen molar-refractivity contribution < 1.29 is 18.0 Å². The predicted octanol–water partition coefficient (Wildman–Crippen LogP) is 2.74. The van der Waals surface area contributed by atoms with E-state index in [9.17, 15) is 18.0 Å². The van der Waals surface area contributed by atoms with E-state index >= 15 is 0 Å². The van der Waals surface area contributed by atoms with E-state index in [1.807, 2.05) is 0 Å². The van der Waals surface area contributed by atoms with Crippen LogP contribution in [-0.2, 0) is 0 Å². The highest BCUT2D eigenvalue weighted by molar-refractivity contribution is 5.94. The number of carbonyl (C=O) groups excluding carboxylic acids is 1. The number of nitrogens with one attached hydrogen (secondary N) is 1. The van der Waals surface area contributed by atoms with Crippen LogP contribution in [0.25, 0.3) is 0 Å². The number of carbonyl (C=O) groups is 1. The van der Waals surface area contributed by atoms with Crippen molar-refractivity contribution in [3.05, 3.63) is 35.1 Å². The maximum absolute atomic E-state index is 13.7. The zero-order valence-electron chi connectivity index (χ0n) is 12.0. The van der Waals surface area contributed by atoms with E-state index < -0.39 is 28.9 Å². The summed E-state index contributed by atoms with van der Waals surface area (Å²) >= 11 is 0. The molecule has 3 rings (SSSR count). The van der Waals surface area contributed by atoms with Gasteiger partial charge in [0, 0.05) is 31.8 Å². The number of hydrogen-bond donors (Lipinski definition) is 1. The first kappa shape index (κ1) is 17.1. The lowest BCUT2D eigenvalue weighted by Crippen LogP contribution is -2.44. The Morgan fingerprint density at radius 3 is 2.18 bits per heavy atom. The second-order valence-electron chi connectivity index (χ2n) is 5.96. The fourth-order valence-electron chi connectivity index (χ4n) is 3.31. The molecule has 1 aromatic rings. The number of benzene rings is 1. The first-order chi connectivity index (χ1) is 10.0. The maximum atomic E-state index is 13.7. The quantitative estimate of drug-likeness (QED) is 0.856. The number of amides is 1. The van der Waals surface area contributed by atoms with Crippen molar-refractivity contribution in [2.75, 3.05) is 26.2 Å². The van der Waals surface area contributed by atoms with Crippen LogP contribution in [0.3, 0.4) is 0 Å². The second-order valence-corrected chi connectivity index (χ2v) is 5.96. The first-order valence-electron chi connectivity index (χ1n) is 7.15. The molecule has 2 heterocycles. The smallest absolute Gasteiger partial charge is 0.259 e. The zero-order chi connectivity index (χ0) is 15.0. The molecule has 7 heteroatoms. The summed E-state index contributed by atoms with van der Waals surface area (Å²) in [6, 6.07) is 1.09. The summed E-state index contributed by atoms with van der Waals surface area (Å²) < 4.78 is 40.2. The van der Waals surface area contributed by atoms with Gasteiger partial charge in [0.05, 0.1) is 0 Å². The molecule has 0 unspecified atom stereocenters. The van der Waals surface area contributed by atoms with Crippen LogP contribution in [0.15, 0.2) is 12.1 Å². The van der Waals surface area contributed by atoms with Gasteiger partial charge < -0.3 is 10.2 Å². The molecule has 1 spiro atoms. The number of likely N-dealkylation sites (tertiary alicyclic amines) is 1. The van der Waals surface area contributed by atoms with Gasteiger partial charge in [-0.1, -0.05) is 0 Å². The predicted molar refractivity (Wildman–Crippen MR) is 78.6 cm³/mol. The summed E-state index contributed by atoms with van der Waals surface area (Å²) in [4.78, 5) is 13.7. The largest absolute Gasteiger partial charge is 0.338 e. The summed E-state index contributed by atoms with van der Waals surface area (Å²) in [5, 5.41) is 3.32. The molecule has 2 fully saturated rings. The van der Waals surface area contributed by atoms with Crippen molar-refractivity contribution in [2.45, 2.75) is 19.3 Å². The van der Waals surface area contributed by atoms with Gasteiger partial charge in [-0.05, 0) is 31.2 Å². The van der Waals surface area contributed by atoms with Crippen LogP contribution in [0.2, 0.25) is 0 Å². The van der Waals surface area contributed by atoms with Gasteiger partial charge in [-0.25, -0.2) is 13.2 Å². The Labute approximate surface area is 133 Å². The fourth-order valence-corrected chi connectivity index (χ4v) is 3.31. The van der Waals surface area contributed by atoms with E-state index in [4.69, 9.17) is 0 Å². The number of hydrogen-bond acceptors (Lipinski definition) is 2. The molecule has 0 aromatic heterocycles. The highest BCUT2D eigenvalue weighted by Gasteiger charge is 2.38. The van der Waals surface area contributed by atoms with Gasteiger partial charge >= 0.3 is 0 Å². The van der Waals surface area contributed by atoms with Crippen molar-refractivity contribution in [3.8, 4) is 0 Å². The lowest BCUT2D eigenvalue weighted by atomic mass is 9.78. The molecule has 2 saturated heterocycles. The first-order valence-corrected chi connectivity index (χ1v) is 7.15. The van der Waals surface area contributed by atoms with Gasteiger partial charge in [-0.15, -0.1) is 12.4 Å². The lowest BCUT2D eigenvalue weighted by molar-refractivity contribution is 0.0598. The van der Waals surface area contributed by atoms with Crippen LogP contribution >= 0.6 is 12.4 Å². The van der Waals surface area contributed by atoms with Crippen molar-refractivity contribution in [2.24, 2.45) is 5.41 Å². The Kier molecular flexibility index (Phi) is 5.02. The van der Waals surface area contributed by atoms with Gasteiger partial charge in [0.2, 0.25) is 0 Å². The minimum Gasteiger partial charge on any atom is -0.338 e. The van der Waals surface area contributed by atoms with Gasteiger partial charge in [-0.2, -0.15) is 0 Å². The topological polar surface area (TPSA) is 32.3 Å². The van der Waals surface area contributed by atoms with Gasteiger partial charge in [0.1, 0.15) is 23.0 Å². The second kappa shape index (κ2) is 6.46. The summed E-state index contributed by atoms with van der Waals surface area (Å²) in [7, 11) is 0. The highest BCUT2D eigenvalue weighted by Crippen LogP contribution is 2.37. The van der Waals surface area contributed by atoms with E-state index in [0.717, 1.165) is 32.4 Å². The van der Waals surface area contributed by atoms with E-state index in [-0.39, 0.29) is 17.8 Å². The summed E-state index contributed by atoms with van der Waals surface area (Å²) in [5.74, 6) is -3.98. The monoisotopic (exact) mass is 334 g/mol. The van der Waals surface area contributed by atoms with Gasteiger partial charge in [-0.3, -0.25) is 4.79 Å². The van der Waals surface area contributed by atoms with Crippen LogP contribution in [0.5, 0.6) is 0 Å². The van der Waals surface area contributed by atoms with E-state index in [2.05, 4.69) is 5.32 Å². The Bertz CT molecular complexity index is 543. The Balaban J connectivity index is 0.00000176. The third-order valence-electron chi connectivity index (χ3n) is 4.66. The Hall–Kier alpha value is -1.27. The average molecular weight is 335 g/mol. The summed E-state index contributed by atoms with van der Waals surface area (Å²) in [6.45, 7) is 2.89. The van der Waals surface area contributed by atoms with Crippen molar-refractivity contribution in [1.82, 2.24) is 10.2 Å². The average Bonchev–Trinajstić information content (AvgIpc) is 2.86. The van der Waals surface area contributed by atoms with Gasteiger partial charge in [0.25, 0.3) is 5.91 Å². The fraction of sp³-hybridized carbons (Fsp3) is 0.533. The molecule has 0 bridgehead atoms. The summed E-state index contributed by atoms with van der Waals surface area (Å²) in [5.41, 5.74) is -0.437.